The topological polar surface area (TPSA) is 30.5 Å². The van der Waals surface area contributed by atoms with Crippen molar-refractivity contribution in [2.24, 2.45) is 0 Å². The zero-order chi connectivity index (χ0) is 15.2. The fourth-order valence-corrected chi connectivity index (χ4v) is 2.17. The third-order valence-corrected chi connectivity index (χ3v) is 3.17. The van der Waals surface area contributed by atoms with Crippen LogP contribution in [-0.4, -0.2) is 19.3 Å². The molecule has 0 aliphatic heterocycles. The molecule has 1 aromatic carbocycles. The van der Waals surface area contributed by atoms with Gasteiger partial charge in [-0.3, -0.25) is 0 Å². The predicted octanol–water partition coefficient (Wildman–Crippen LogP) is 3.75. The molecule has 0 amide bonds. The molecule has 0 atom stereocenters. The van der Waals surface area contributed by atoms with Gasteiger partial charge in [0.05, 0.1) is 11.6 Å². The van der Waals surface area contributed by atoms with Crippen LogP contribution in [0.4, 0.5) is 0 Å². The summed E-state index contributed by atoms with van der Waals surface area (Å²) >= 11 is 3.53. The van der Waals surface area contributed by atoms with E-state index in [1.165, 1.54) is 0 Å². The molecule has 0 fully saturated rings. The van der Waals surface area contributed by atoms with Gasteiger partial charge in [-0.2, -0.15) is 0 Å². The predicted molar refractivity (Wildman–Crippen MR) is 86.2 cm³/mol. The van der Waals surface area contributed by atoms with Crippen LogP contribution in [0, 0.1) is 11.8 Å². The standard InChI is InChI=1S/C16H22BrNO2/c1-6-7-8-20-15-13(17)9-12(10-14(15)19-5)11-18-16(2,3)4/h9-10,18H,8,11H2,1-5H3. The van der Waals surface area contributed by atoms with Crippen molar-refractivity contribution in [3.05, 3.63) is 22.2 Å². The third kappa shape index (κ3) is 5.44. The van der Waals surface area contributed by atoms with Crippen LogP contribution in [0.2, 0.25) is 0 Å². The maximum atomic E-state index is 5.63. The Hall–Kier alpha value is -1.18. The van der Waals surface area contributed by atoms with Crippen molar-refractivity contribution in [1.82, 2.24) is 5.32 Å². The number of ether oxygens (including phenoxy) is 2. The van der Waals surface area contributed by atoms with E-state index in [2.05, 4.69) is 53.9 Å². The molecule has 3 nitrogen and oxygen atoms in total. The number of benzene rings is 1. The zero-order valence-corrected chi connectivity index (χ0v) is 14.3. The number of nitrogens with one attached hydrogen (secondary N) is 1. The van der Waals surface area contributed by atoms with Crippen LogP contribution >= 0.6 is 15.9 Å². The maximum absolute atomic E-state index is 5.63. The zero-order valence-electron chi connectivity index (χ0n) is 12.8. The van der Waals surface area contributed by atoms with Crippen LogP contribution in [0.1, 0.15) is 33.3 Å². The van der Waals surface area contributed by atoms with E-state index in [1.807, 2.05) is 12.1 Å². The molecule has 110 valence electrons. The van der Waals surface area contributed by atoms with Crippen molar-refractivity contribution in [1.29, 1.82) is 0 Å². The van der Waals surface area contributed by atoms with Gasteiger partial charge < -0.3 is 14.8 Å². The number of halogens is 1. The molecule has 0 aliphatic rings. The van der Waals surface area contributed by atoms with E-state index >= 15 is 0 Å². The third-order valence-electron chi connectivity index (χ3n) is 2.58. The summed E-state index contributed by atoms with van der Waals surface area (Å²) in [5.41, 5.74) is 1.21. The minimum atomic E-state index is 0.0750. The summed E-state index contributed by atoms with van der Waals surface area (Å²) in [5.74, 6) is 7.08. The van der Waals surface area contributed by atoms with Crippen molar-refractivity contribution in [3.63, 3.8) is 0 Å². The first-order chi connectivity index (χ1) is 9.37. The summed E-state index contributed by atoms with van der Waals surface area (Å²) in [6, 6.07) is 4.02. The molecule has 1 aromatic rings. The number of rotatable bonds is 5. The molecule has 0 saturated heterocycles. The molecule has 0 heterocycles. The molecular weight excluding hydrogens is 318 g/mol. The second-order valence-electron chi connectivity index (χ2n) is 5.43. The Bertz CT molecular complexity index is 510. The van der Waals surface area contributed by atoms with E-state index in [4.69, 9.17) is 9.47 Å². The van der Waals surface area contributed by atoms with Crippen LogP contribution in [-0.2, 0) is 6.54 Å². The Balaban J connectivity index is 2.91. The molecule has 0 spiro atoms. The fourth-order valence-electron chi connectivity index (χ4n) is 1.56. The van der Waals surface area contributed by atoms with Crippen molar-refractivity contribution in [2.45, 2.75) is 39.8 Å². The molecule has 4 heteroatoms. The highest BCUT2D eigenvalue weighted by Crippen LogP contribution is 2.36. The van der Waals surface area contributed by atoms with Gasteiger partial charge in [0, 0.05) is 12.1 Å². The lowest BCUT2D eigenvalue weighted by atomic mass is 10.1. The van der Waals surface area contributed by atoms with Gasteiger partial charge in [0.25, 0.3) is 0 Å². The van der Waals surface area contributed by atoms with Crippen LogP contribution in [0.3, 0.4) is 0 Å². The second-order valence-corrected chi connectivity index (χ2v) is 6.28. The smallest absolute Gasteiger partial charge is 0.176 e. The van der Waals surface area contributed by atoms with Crippen LogP contribution in [0.5, 0.6) is 11.5 Å². The van der Waals surface area contributed by atoms with E-state index < -0.39 is 0 Å². The molecule has 0 saturated carbocycles. The second kappa shape index (κ2) is 7.56. The number of hydrogen-bond acceptors (Lipinski definition) is 3. The summed E-state index contributed by atoms with van der Waals surface area (Å²) in [6.07, 6.45) is 0. The lowest BCUT2D eigenvalue weighted by molar-refractivity contribution is 0.328. The molecule has 1 N–H and O–H groups in total. The Morgan fingerprint density at radius 3 is 2.55 bits per heavy atom. The highest BCUT2D eigenvalue weighted by atomic mass is 79.9. The average Bonchev–Trinajstić information content (AvgIpc) is 2.37. The van der Waals surface area contributed by atoms with E-state index in [-0.39, 0.29) is 5.54 Å². The van der Waals surface area contributed by atoms with Crippen LogP contribution in [0.25, 0.3) is 0 Å². The molecule has 0 aliphatic carbocycles. The van der Waals surface area contributed by atoms with Gasteiger partial charge in [-0.05, 0) is 61.3 Å². The van der Waals surface area contributed by atoms with E-state index in [0.29, 0.717) is 18.1 Å². The van der Waals surface area contributed by atoms with Crippen molar-refractivity contribution in [2.75, 3.05) is 13.7 Å². The molecular formula is C16H22BrNO2. The lowest BCUT2D eigenvalue weighted by Gasteiger charge is -2.21. The first kappa shape index (κ1) is 16.9. The molecule has 0 radical (unpaired) electrons. The fraction of sp³-hybridized carbons (Fsp3) is 0.500. The quantitative estimate of drug-likeness (QED) is 0.828. The van der Waals surface area contributed by atoms with Gasteiger partial charge in [0.15, 0.2) is 11.5 Å². The van der Waals surface area contributed by atoms with E-state index in [1.54, 1.807) is 14.0 Å². The summed E-state index contributed by atoms with van der Waals surface area (Å²) in [4.78, 5) is 0. The molecule has 0 aromatic heterocycles. The van der Waals surface area contributed by atoms with Crippen molar-refractivity contribution in [3.8, 4) is 23.3 Å². The van der Waals surface area contributed by atoms with Gasteiger partial charge in [-0.15, -0.1) is 5.92 Å². The monoisotopic (exact) mass is 339 g/mol. The van der Waals surface area contributed by atoms with Crippen LogP contribution < -0.4 is 14.8 Å². The Labute approximate surface area is 130 Å². The van der Waals surface area contributed by atoms with Gasteiger partial charge in [0.1, 0.15) is 6.61 Å². The van der Waals surface area contributed by atoms with Gasteiger partial charge in [-0.1, -0.05) is 5.92 Å². The molecule has 0 unspecified atom stereocenters. The van der Waals surface area contributed by atoms with Gasteiger partial charge in [0.2, 0.25) is 0 Å². The molecule has 0 bridgehead atoms. The highest BCUT2D eigenvalue weighted by Gasteiger charge is 2.13. The highest BCUT2D eigenvalue weighted by molar-refractivity contribution is 9.10. The van der Waals surface area contributed by atoms with Gasteiger partial charge in [-0.25, -0.2) is 0 Å². The largest absolute Gasteiger partial charge is 0.493 e. The van der Waals surface area contributed by atoms with E-state index in [9.17, 15) is 0 Å². The first-order valence-corrected chi connectivity index (χ1v) is 7.30. The molecule has 1 rings (SSSR count). The number of methoxy groups -OCH3 is 1. The number of hydrogen-bond donors (Lipinski definition) is 1. The summed E-state index contributed by atoms with van der Waals surface area (Å²) in [5, 5.41) is 3.45. The Morgan fingerprint density at radius 1 is 1.30 bits per heavy atom. The van der Waals surface area contributed by atoms with Crippen molar-refractivity contribution >= 4 is 15.9 Å². The van der Waals surface area contributed by atoms with E-state index in [0.717, 1.165) is 16.6 Å². The minimum absolute atomic E-state index is 0.0750. The van der Waals surface area contributed by atoms with Crippen LogP contribution in [0.15, 0.2) is 16.6 Å². The Morgan fingerprint density at radius 2 is 2.00 bits per heavy atom. The lowest BCUT2D eigenvalue weighted by Crippen LogP contribution is -2.35. The first-order valence-electron chi connectivity index (χ1n) is 6.51. The summed E-state index contributed by atoms with van der Waals surface area (Å²) < 4.78 is 11.9. The Kier molecular flexibility index (Phi) is 6.38. The van der Waals surface area contributed by atoms with Gasteiger partial charge >= 0.3 is 0 Å². The SMILES string of the molecule is CC#CCOc1c(Br)cc(CNC(C)(C)C)cc1OC. The maximum Gasteiger partial charge on any atom is 0.176 e. The summed E-state index contributed by atoms with van der Waals surface area (Å²) in [7, 11) is 1.64. The minimum Gasteiger partial charge on any atom is -0.493 e. The molecule has 20 heavy (non-hydrogen) atoms. The average molecular weight is 340 g/mol. The van der Waals surface area contributed by atoms with Crippen molar-refractivity contribution < 1.29 is 9.47 Å². The normalized spacial score (nSPS) is 10.7. The summed E-state index contributed by atoms with van der Waals surface area (Å²) in [6.45, 7) is 9.33.